The lowest BCUT2D eigenvalue weighted by Crippen LogP contribution is -2.37. The van der Waals surface area contributed by atoms with Gasteiger partial charge in [-0.15, -0.1) is 0 Å². The minimum atomic E-state index is -3.26. The summed E-state index contributed by atoms with van der Waals surface area (Å²) in [6.07, 6.45) is 3.85. The Balaban J connectivity index is 1.24. The summed E-state index contributed by atoms with van der Waals surface area (Å²) < 4.78 is 92.0. The van der Waals surface area contributed by atoms with E-state index < -0.39 is 35.3 Å². The van der Waals surface area contributed by atoms with Crippen LogP contribution in [-0.2, 0) is 0 Å². The van der Waals surface area contributed by atoms with Crippen LogP contribution in [0.2, 0.25) is 0 Å². The predicted octanol–water partition coefficient (Wildman–Crippen LogP) is 11.6. The molecular weight excluding hydrogens is 562 g/mol. The van der Waals surface area contributed by atoms with Gasteiger partial charge in [0, 0.05) is 11.1 Å². The molecule has 0 heterocycles. The number of hydrogen-bond donors (Lipinski definition) is 0. The molecule has 4 aromatic rings. The van der Waals surface area contributed by atoms with Crippen molar-refractivity contribution in [1.29, 1.82) is 0 Å². The molecule has 0 spiro atoms. The number of halogens is 6. The highest BCUT2D eigenvalue weighted by atomic mass is 19.3. The quantitative estimate of drug-likeness (QED) is 0.131. The Morgan fingerprint density at radius 1 is 0.605 bits per heavy atom. The SMILES string of the molecule is CCCCCC1CCC(C(F)(F)Oc2ccc(-c3ccc(-c4ccc(-c5ccc(F)c(F)c5)c(F)c4)c(F)c3)cc2)CC1. The molecule has 0 amide bonds. The molecule has 226 valence electrons. The third-order valence-electron chi connectivity index (χ3n) is 8.46. The Labute approximate surface area is 248 Å². The van der Waals surface area contributed by atoms with Gasteiger partial charge in [0.05, 0.1) is 5.92 Å². The fourth-order valence-corrected chi connectivity index (χ4v) is 5.94. The van der Waals surface area contributed by atoms with Gasteiger partial charge in [0.2, 0.25) is 0 Å². The lowest BCUT2D eigenvalue weighted by atomic mass is 9.79. The van der Waals surface area contributed by atoms with E-state index in [1.54, 1.807) is 18.2 Å². The maximum Gasteiger partial charge on any atom is 0.400 e. The molecule has 1 nitrogen and oxygen atoms in total. The van der Waals surface area contributed by atoms with Crippen LogP contribution in [0.25, 0.3) is 33.4 Å². The molecule has 1 aliphatic carbocycles. The van der Waals surface area contributed by atoms with Gasteiger partial charge in [-0.05, 0) is 90.3 Å². The second-order valence-corrected chi connectivity index (χ2v) is 11.4. The predicted molar refractivity (Wildman–Crippen MR) is 158 cm³/mol. The molecular formula is C36H34F6O. The van der Waals surface area contributed by atoms with Crippen molar-refractivity contribution < 1.29 is 31.1 Å². The zero-order valence-electron chi connectivity index (χ0n) is 24.0. The Hall–Kier alpha value is -3.74. The molecule has 4 aromatic carbocycles. The van der Waals surface area contributed by atoms with E-state index >= 15 is 4.39 Å². The third-order valence-corrected chi connectivity index (χ3v) is 8.46. The molecule has 0 N–H and O–H groups in total. The summed E-state index contributed by atoms with van der Waals surface area (Å²) in [6, 6.07) is 17.7. The molecule has 1 saturated carbocycles. The minimum Gasteiger partial charge on any atom is -0.432 e. The molecule has 0 aliphatic heterocycles. The zero-order valence-corrected chi connectivity index (χ0v) is 24.0. The van der Waals surface area contributed by atoms with Crippen LogP contribution in [0.1, 0.15) is 58.3 Å². The number of benzene rings is 4. The van der Waals surface area contributed by atoms with E-state index in [1.807, 2.05) is 0 Å². The van der Waals surface area contributed by atoms with Crippen molar-refractivity contribution in [1.82, 2.24) is 0 Å². The molecule has 0 unspecified atom stereocenters. The first kappa shape index (κ1) is 30.7. The van der Waals surface area contributed by atoms with E-state index in [4.69, 9.17) is 4.74 Å². The summed E-state index contributed by atoms with van der Waals surface area (Å²) in [7, 11) is 0. The van der Waals surface area contributed by atoms with Gasteiger partial charge in [0.1, 0.15) is 17.4 Å². The largest absolute Gasteiger partial charge is 0.432 e. The van der Waals surface area contributed by atoms with Gasteiger partial charge in [-0.1, -0.05) is 75.1 Å². The Morgan fingerprint density at radius 3 is 1.72 bits per heavy atom. The molecule has 1 fully saturated rings. The number of alkyl halides is 2. The molecule has 5 rings (SSSR count). The fourth-order valence-electron chi connectivity index (χ4n) is 5.94. The van der Waals surface area contributed by atoms with Gasteiger partial charge in [-0.2, -0.15) is 8.78 Å². The minimum absolute atomic E-state index is 0.0486. The van der Waals surface area contributed by atoms with Crippen molar-refractivity contribution in [2.45, 2.75) is 64.4 Å². The highest BCUT2D eigenvalue weighted by Gasteiger charge is 2.43. The standard InChI is InChI=1S/C36H34F6O/c1-2-3-4-5-23-6-13-28(14-7-23)36(41,42)43-29-15-8-24(9-16-29)25-10-17-30(33(38)20-25)26-11-18-31(34(39)21-26)27-12-19-32(37)35(40)22-27/h8-12,15-23,28H,2-7,13-14H2,1H3. The Morgan fingerprint density at radius 2 is 1.14 bits per heavy atom. The third kappa shape index (κ3) is 7.26. The maximum atomic E-state index is 15.2. The van der Waals surface area contributed by atoms with Crippen LogP contribution < -0.4 is 4.74 Å². The summed E-state index contributed by atoms with van der Waals surface area (Å²) in [5.74, 6) is -3.68. The van der Waals surface area contributed by atoms with Crippen LogP contribution in [-0.4, -0.2) is 6.11 Å². The molecule has 0 radical (unpaired) electrons. The normalized spacial score (nSPS) is 17.2. The first-order chi connectivity index (χ1) is 20.6. The topological polar surface area (TPSA) is 9.23 Å². The van der Waals surface area contributed by atoms with Crippen molar-refractivity contribution in [3.8, 4) is 39.1 Å². The number of hydrogen-bond acceptors (Lipinski definition) is 1. The van der Waals surface area contributed by atoms with E-state index in [2.05, 4.69) is 6.92 Å². The van der Waals surface area contributed by atoms with Gasteiger partial charge in [0.15, 0.2) is 11.6 Å². The van der Waals surface area contributed by atoms with Crippen molar-refractivity contribution in [3.05, 3.63) is 102 Å². The number of ether oxygens (including phenoxy) is 1. The average Bonchev–Trinajstić information content (AvgIpc) is 2.99. The lowest BCUT2D eigenvalue weighted by molar-refractivity contribution is -0.223. The first-order valence-corrected chi connectivity index (χ1v) is 14.9. The van der Waals surface area contributed by atoms with Crippen LogP contribution in [0.5, 0.6) is 5.75 Å². The van der Waals surface area contributed by atoms with Gasteiger partial charge in [-0.3, -0.25) is 0 Å². The van der Waals surface area contributed by atoms with Crippen LogP contribution in [0, 0.1) is 35.1 Å². The van der Waals surface area contributed by atoms with Crippen molar-refractivity contribution in [3.63, 3.8) is 0 Å². The molecule has 0 atom stereocenters. The second-order valence-electron chi connectivity index (χ2n) is 11.4. The van der Waals surface area contributed by atoms with Gasteiger partial charge in [-0.25, -0.2) is 17.6 Å². The van der Waals surface area contributed by atoms with Gasteiger partial charge in [0.25, 0.3) is 0 Å². The van der Waals surface area contributed by atoms with Crippen LogP contribution >= 0.6 is 0 Å². The second kappa shape index (κ2) is 13.3. The summed E-state index contributed by atoms with van der Waals surface area (Å²) in [4.78, 5) is 0. The van der Waals surface area contributed by atoms with Crippen LogP contribution in [0.15, 0.2) is 78.9 Å². The van der Waals surface area contributed by atoms with Gasteiger partial charge >= 0.3 is 6.11 Å². The fraction of sp³-hybridized carbons (Fsp3) is 0.333. The Kier molecular flexibility index (Phi) is 9.48. The smallest absolute Gasteiger partial charge is 0.400 e. The molecule has 0 saturated heterocycles. The highest BCUT2D eigenvalue weighted by Crippen LogP contribution is 2.41. The van der Waals surface area contributed by atoms with E-state index in [-0.39, 0.29) is 28.0 Å². The number of rotatable bonds is 10. The monoisotopic (exact) mass is 596 g/mol. The lowest BCUT2D eigenvalue weighted by Gasteiger charge is -2.33. The maximum absolute atomic E-state index is 15.2. The molecule has 7 heteroatoms. The molecule has 0 bridgehead atoms. The average molecular weight is 597 g/mol. The Bertz CT molecular complexity index is 1540. The first-order valence-electron chi connectivity index (χ1n) is 14.9. The zero-order chi connectivity index (χ0) is 30.6. The van der Waals surface area contributed by atoms with Crippen LogP contribution in [0.3, 0.4) is 0 Å². The summed E-state index contributed by atoms with van der Waals surface area (Å²) in [6.45, 7) is 2.16. The van der Waals surface area contributed by atoms with E-state index in [9.17, 15) is 22.0 Å². The van der Waals surface area contributed by atoms with E-state index in [1.165, 1.54) is 48.9 Å². The van der Waals surface area contributed by atoms with Crippen LogP contribution in [0.4, 0.5) is 26.3 Å². The number of unbranched alkanes of at least 4 members (excludes halogenated alkanes) is 2. The van der Waals surface area contributed by atoms with E-state index in [0.717, 1.165) is 50.3 Å². The van der Waals surface area contributed by atoms with Crippen molar-refractivity contribution in [2.75, 3.05) is 0 Å². The van der Waals surface area contributed by atoms with Gasteiger partial charge < -0.3 is 4.74 Å². The summed E-state index contributed by atoms with van der Waals surface area (Å²) in [5, 5.41) is 0. The van der Waals surface area contributed by atoms with E-state index in [0.29, 0.717) is 29.9 Å². The molecule has 0 aromatic heterocycles. The van der Waals surface area contributed by atoms with Crippen molar-refractivity contribution in [2.24, 2.45) is 11.8 Å². The highest BCUT2D eigenvalue weighted by molar-refractivity contribution is 5.74. The van der Waals surface area contributed by atoms with Crippen molar-refractivity contribution >= 4 is 0 Å². The molecule has 43 heavy (non-hydrogen) atoms. The summed E-state index contributed by atoms with van der Waals surface area (Å²) >= 11 is 0. The summed E-state index contributed by atoms with van der Waals surface area (Å²) in [5.41, 5.74) is 1.76. The molecule has 1 aliphatic rings.